The van der Waals surface area contributed by atoms with Gasteiger partial charge in [-0.1, -0.05) is 0 Å². The minimum absolute atomic E-state index is 0.0154. The normalized spacial score (nSPS) is 10.1. The Morgan fingerprint density at radius 3 is 2.27 bits per heavy atom. The number of rotatable bonds is 1. The molecule has 0 radical (unpaired) electrons. The van der Waals surface area contributed by atoms with E-state index in [1.54, 1.807) is 19.9 Å². The van der Waals surface area contributed by atoms with Gasteiger partial charge in [0.2, 0.25) is 0 Å². The van der Waals surface area contributed by atoms with Gasteiger partial charge >= 0.3 is 0 Å². The highest BCUT2D eigenvalue weighted by atomic mass is 16.5. The van der Waals surface area contributed by atoms with Crippen molar-refractivity contribution in [3.63, 3.8) is 0 Å². The van der Waals surface area contributed by atoms with Crippen molar-refractivity contribution >= 4 is 5.78 Å². The van der Waals surface area contributed by atoms with Crippen LogP contribution in [0, 0.1) is 13.8 Å². The molecule has 60 valence electrons. The number of Topliss-reactive ketones (excluding diaryl/α,β-unsaturated/α-hetero) is 1. The standard InChI is InChI=1S/C8H11NO2/c1-5-4-8(7(3)10)6(2)9(5)11/h4,11H,1-3H3. The van der Waals surface area contributed by atoms with Gasteiger partial charge in [0.05, 0.1) is 11.4 Å². The molecule has 0 fully saturated rings. The average molecular weight is 153 g/mol. The summed E-state index contributed by atoms with van der Waals surface area (Å²) in [5.74, 6) is -0.0154. The summed E-state index contributed by atoms with van der Waals surface area (Å²) < 4.78 is 1.02. The number of aromatic nitrogens is 1. The number of carbonyl (C=O) groups is 1. The molecule has 1 aromatic rings. The van der Waals surface area contributed by atoms with Gasteiger partial charge in [-0.3, -0.25) is 4.79 Å². The zero-order chi connectivity index (χ0) is 8.59. The van der Waals surface area contributed by atoms with Gasteiger partial charge in [-0.15, -0.1) is 0 Å². The van der Waals surface area contributed by atoms with Crippen LogP contribution in [0.4, 0.5) is 0 Å². The molecule has 11 heavy (non-hydrogen) atoms. The van der Waals surface area contributed by atoms with Crippen molar-refractivity contribution in [1.82, 2.24) is 4.73 Å². The van der Waals surface area contributed by atoms with Crippen LogP contribution < -0.4 is 0 Å². The summed E-state index contributed by atoms with van der Waals surface area (Å²) in [6, 6.07) is 1.68. The maximum absolute atomic E-state index is 10.9. The second-order valence-corrected chi connectivity index (χ2v) is 2.65. The molecule has 0 aliphatic heterocycles. The third-order valence-electron chi connectivity index (χ3n) is 1.77. The highest BCUT2D eigenvalue weighted by molar-refractivity contribution is 5.95. The summed E-state index contributed by atoms with van der Waals surface area (Å²) in [5, 5.41) is 9.24. The number of nitrogens with zero attached hydrogens (tertiary/aromatic N) is 1. The molecule has 3 nitrogen and oxygen atoms in total. The van der Waals surface area contributed by atoms with E-state index in [9.17, 15) is 10.0 Å². The summed E-state index contributed by atoms with van der Waals surface area (Å²) in [7, 11) is 0. The van der Waals surface area contributed by atoms with Gasteiger partial charge in [0, 0.05) is 5.56 Å². The Morgan fingerprint density at radius 1 is 1.55 bits per heavy atom. The lowest BCUT2D eigenvalue weighted by molar-refractivity contribution is 0.101. The molecule has 1 rings (SSSR count). The molecule has 0 aromatic carbocycles. The molecular weight excluding hydrogens is 142 g/mol. The highest BCUT2D eigenvalue weighted by Gasteiger charge is 2.10. The van der Waals surface area contributed by atoms with E-state index in [0.29, 0.717) is 17.0 Å². The SMILES string of the molecule is CC(=O)c1cc(C)n(O)c1C. The van der Waals surface area contributed by atoms with Gasteiger partial charge in [0.15, 0.2) is 5.78 Å². The van der Waals surface area contributed by atoms with Crippen LogP contribution in [-0.2, 0) is 0 Å². The van der Waals surface area contributed by atoms with Gasteiger partial charge in [-0.2, -0.15) is 4.73 Å². The Labute approximate surface area is 65.2 Å². The molecule has 0 spiro atoms. The summed E-state index contributed by atoms with van der Waals surface area (Å²) in [5.41, 5.74) is 1.88. The van der Waals surface area contributed by atoms with Crippen molar-refractivity contribution in [2.24, 2.45) is 0 Å². The van der Waals surface area contributed by atoms with Crippen molar-refractivity contribution in [3.05, 3.63) is 23.0 Å². The fraction of sp³-hybridized carbons (Fsp3) is 0.375. The first-order valence-electron chi connectivity index (χ1n) is 3.43. The topological polar surface area (TPSA) is 42.2 Å². The first-order valence-corrected chi connectivity index (χ1v) is 3.43. The fourth-order valence-electron chi connectivity index (χ4n) is 1.11. The molecule has 3 heteroatoms. The molecule has 0 saturated carbocycles. The van der Waals surface area contributed by atoms with Crippen LogP contribution in [0.2, 0.25) is 0 Å². The van der Waals surface area contributed by atoms with Gasteiger partial charge in [0.1, 0.15) is 0 Å². The van der Waals surface area contributed by atoms with E-state index in [-0.39, 0.29) is 5.78 Å². The van der Waals surface area contributed by atoms with Gasteiger partial charge in [0.25, 0.3) is 0 Å². The molecule has 1 N–H and O–H groups in total. The molecule has 1 aromatic heterocycles. The quantitative estimate of drug-likeness (QED) is 0.491. The highest BCUT2D eigenvalue weighted by Crippen LogP contribution is 2.12. The van der Waals surface area contributed by atoms with E-state index in [2.05, 4.69) is 0 Å². The molecular formula is C8H11NO2. The molecule has 0 saturated heterocycles. The number of carbonyl (C=O) groups excluding carboxylic acids is 1. The maximum atomic E-state index is 10.9. The van der Waals surface area contributed by atoms with Crippen LogP contribution >= 0.6 is 0 Å². The van der Waals surface area contributed by atoms with Crippen molar-refractivity contribution in [2.75, 3.05) is 0 Å². The van der Waals surface area contributed by atoms with Gasteiger partial charge in [-0.05, 0) is 26.8 Å². The molecule has 0 aliphatic carbocycles. The number of hydrogen-bond donors (Lipinski definition) is 1. The molecule has 1 heterocycles. The lowest BCUT2D eigenvalue weighted by Crippen LogP contribution is -1.98. The van der Waals surface area contributed by atoms with Gasteiger partial charge < -0.3 is 5.21 Å². The third-order valence-corrected chi connectivity index (χ3v) is 1.77. The number of ketones is 1. The van der Waals surface area contributed by atoms with Crippen LogP contribution in [0.15, 0.2) is 6.07 Å². The van der Waals surface area contributed by atoms with Crippen molar-refractivity contribution < 1.29 is 10.0 Å². The first kappa shape index (κ1) is 7.85. The van der Waals surface area contributed by atoms with Gasteiger partial charge in [-0.25, -0.2) is 0 Å². The predicted molar refractivity (Wildman–Crippen MR) is 41.1 cm³/mol. The Bertz CT molecular complexity index is 299. The Hall–Kier alpha value is -1.25. The van der Waals surface area contributed by atoms with Crippen LogP contribution in [0.5, 0.6) is 0 Å². The van der Waals surface area contributed by atoms with Crippen LogP contribution in [-0.4, -0.2) is 15.7 Å². The van der Waals surface area contributed by atoms with E-state index < -0.39 is 0 Å². The molecule has 0 atom stereocenters. The van der Waals surface area contributed by atoms with Crippen molar-refractivity contribution in [1.29, 1.82) is 0 Å². The summed E-state index contributed by atoms with van der Waals surface area (Å²) in [6.45, 7) is 4.95. The monoisotopic (exact) mass is 153 g/mol. The van der Waals surface area contributed by atoms with Crippen LogP contribution in [0.1, 0.15) is 28.7 Å². The molecule has 0 bridgehead atoms. The van der Waals surface area contributed by atoms with Crippen LogP contribution in [0.25, 0.3) is 0 Å². The van der Waals surface area contributed by atoms with Crippen molar-refractivity contribution in [3.8, 4) is 0 Å². The van der Waals surface area contributed by atoms with E-state index in [0.717, 1.165) is 4.73 Å². The minimum atomic E-state index is -0.0154. The predicted octanol–water partition coefficient (Wildman–Crippen LogP) is 1.54. The van der Waals surface area contributed by atoms with E-state index in [4.69, 9.17) is 0 Å². The second kappa shape index (κ2) is 2.42. The summed E-state index contributed by atoms with van der Waals surface area (Å²) in [4.78, 5) is 10.9. The smallest absolute Gasteiger partial charge is 0.161 e. The summed E-state index contributed by atoms with van der Waals surface area (Å²) >= 11 is 0. The van der Waals surface area contributed by atoms with E-state index in [1.165, 1.54) is 6.92 Å². The third kappa shape index (κ3) is 1.13. The Balaban J connectivity index is 3.29. The van der Waals surface area contributed by atoms with E-state index in [1.807, 2.05) is 0 Å². The van der Waals surface area contributed by atoms with Crippen LogP contribution in [0.3, 0.4) is 0 Å². The Morgan fingerprint density at radius 2 is 2.09 bits per heavy atom. The summed E-state index contributed by atoms with van der Waals surface area (Å²) in [6.07, 6.45) is 0. The minimum Gasteiger partial charge on any atom is -0.428 e. The largest absolute Gasteiger partial charge is 0.428 e. The first-order chi connectivity index (χ1) is 5.04. The van der Waals surface area contributed by atoms with E-state index >= 15 is 0 Å². The lowest BCUT2D eigenvalue weighted by Gasteiger charge is -1.97. The maximum Gasteiger partial charge on any atom is 0.161 e. The number of aryl methyl sites for hydroxylation is 1. The van der Waals surface area contributed by atoms with Crippen molar-refractivity contribution in [2.45, 2.75) is 20.8 Å². The Kier molecular flexibility index (Phi) is 1.72. The zero-order valence-electron chi connectivity index (χ0n) is 6.88. The fourth-order valence-corrected chi connectivity index (χ4v) is 1.11. The molecule has 0 unspecified atom stereocenters. The number of hydrogen-bond acceptors (Lipinski definition) is 2. The average Bonchev–Trinajstić information content (AvgIpc) is 2.17. The molecule has 0 amide bonds. The molecule has 0 aliphatic rings. The lowest BCUT2D eigenvalue weighted by atomic mass is 10.2. The zero-order valence-corrected chi connectivity index (χ0v) is 6.88. The second-order valence-electron chi connectivity index (χ2n) is 2.65.